The van der Waals surface area contributed by atoms with E-state index in [0.717, 1.165) is 11.8 Å². The number of ether oxygens (including phenoxy) is 2. The number of hydrogen-bond donors (Lipinski definition) is 0. The Morgan fingerprint density at radius 3 is 2.39 bits per heavy atom. The van der Waals surface area contributed by atoms with Crippen LogP contribution in [-0.4, -0.2) is 46.6 Å². The minimum Gasteiger partial charge on any atom is -0.497 e. The molecule has 2 aromatic heterocycles. The van der Waals surface area contributed by atoms with Crippen LogP contribution in [0.4, 0.5) is 0 Å². The van der Waals surface area contributed by atoms with Crippen LogP contribution >= 0.6 is 11.8 Å². The quantitative estimate of drug-likeness (QED) is 0.208. The zero-order chi connectivity index (χ0) is 26.9. The normalized spacial score (nSPS) is 12.5. The van der Waals surface area contributed by atoms with E-state index in [9.17, 15) is 8.42 Å². The summed E-state index contributed by atoms with van der Waals surface area (Å²) in [6, 6.07) is 21.3. The molecule has 0 N–H and O–H groups in total. The Labute approximate surface area is 226 Å². The van der Waals surface area contributed by atoms with E-state index in [4.69, 9.17) is 9.47 Å². The summed E-state index contributed by atoms with van der Waals surface area (Å²) in [6.07, 6.45) is 2.56. The summed E-state index contributed by atoms with van der Waals surface area (Å²) in [7, 11) is -0.648. The van der Waals surface area contributed by atoms with Crippen LogP contribution in [0, 0.1) is 0 Å². The largest absolute Gasteiger partial charge is 0.497 e. The first-order valence-corrected chi connectivity index (χ1v) is 14.5. The highest BCUT2D eigenvalue weighted by molar-refractivity contribution is 7.99. The van der Waals surface area contributed by atoms with Gasteiger partial charge in [-0.05, 0) is 36.8 Å². The number of fused-ring (bicyclic) bond motifs is 1. The molecule has 0 aliphatic carbocycles. The van der Waals surface area contributed by atoms with Gasteiger partial charge in [0, 0.05) is 28.5 Å². The van der Waals surface area contributed by atoms with Gasteiger partial charge in [0.1, 0.15) is 11.5 Å². The zero-order valence-corrected chi connectivity index (χ0v) is 23.2. The van der Waals surface area contributed by atoms with Crippen molar-refractivity contribution in [3.05, 3.63) is 79.0 Å². The summed E-state index contributed by atoms with van der Waals surface area (Å²) < 4.78 is 41.8. The molecule has 0 aliphatic heterocycles. The van der Waals surface area contributed by atoms with E-state index in [1.54, 1.807) is 68.6 Å². The van der Waals surface area contributed by atoms with E-state index >= 15 is 0 Å². The van der Waals surface area contributed by atoms with Gasteiger partial charge in [0.05, 0.1) is 30.3 Å². The number of hydrogen-bond acceptors (Lipinski definition) is 7. The molecule has 0 bridgehead atoms. The number of aromatic nitrogens is 4. The van der Waals surface area contributed by atoms with Crippen LogP contribution in [0.3, 0.4) is 0 Å². The second-order valence-electron chi connectivity index (χ2n) is 8.69. The minimum absolute atomic E-state index is 0.205. The first-order valence-electron chi connectivity index (χ1n) is 12.1. The van der Waals surface area contributed by atoms with E-state index in [0.29, 0.717) is 39.2 Å². The van der Waals surface area contributed by atoms with Gasteiger partial charge < -0.3 is 9.47 Å². The Hall–Kier alpha value is -3.76. The molecule has 1 atom stereocenters. The van der Waals surface area contributed by atoms with Gasteiger partial charge in [0.15, 0.2) is 11.0 Å². The molecule has 8 nitrogen and oxygen atoms in total. The molecule has 0 saturated carbocycles. The predicted octanol–water partition coefficient (Wildman–Crippen LogP) is 6.03. The molecule has 3 aromatic carbocycles. The van der Waals surface area contributed by atoms with Crippen molar-refractivity contribution < 1.29 is 17.9 Å². The van der Waals surface area contributed by atoms with Crippen molar-refractivity contribution >= 4 is 32.7 Å². The summed E-state index contributed by atoms with van der Waals surface area (Å²) in [5, 5.41) is 10.8. The van der Waals surface area contributed by atoms with E-state index in [-0.39, 0.29) is 10.1 Å². The number of para-hydroxylation sites is 1. The van der Waals surface area contributed by atoms with Crippen LogP contribution in [0.15, 0.2) is 89.0 Å². The van der Waals surface area contributed by atoms with Crippen molar-refractivity contribution in [1.82, 2.24) is 18.7 Å². The van der Waals surface area contributed by atoms with Crippen molar-refractivity contribution in [2.45, 2.75) is 35.6 Å². The average molecular weight is 549 g/mol. The average Bonchev–Trinajstić information content (AvgIpc) is 3.54. The van der Waals surface area contributed by atoms with Crippen molar-refractivity contribution in [3.63, 3.8) is 0 Å². The summed E-state index contributed by atoms with van der Waals surface area (Å²) in [4.78, 5) is 0.205. The molecule has 5 rings (SSSR count). The highest BCUT2D eigenvalue weighted by atomic mass is 32.2. The summed E-state index contributed by atoms with van der Waals surface area (Å²) >= 11 is 1.60. The first kappa shape index (κ1) is 25.9. The van der Waals surface area contributed by atoms with Crippen LogP contribution < -0.4 is 9.47 Å². The number of rotatable bonds is 9. The fraction of sp³-hybridized carbons (Fsp3) is 0.214. The fourth-order valence-corrected chi connectivity index (χ4v) is 6.50. The third-order valence-corrected chi connectivity index (χ3v) is 9.26. The van der Waals surface area contributed by atoms with Gasteiger partial charge in [-0.15, -0.1) is 10.2 Å². The van der Waals surface area contributed by atoms with Crippen LogP contribution in [0.25, 0.3) is 28.0 Å². The van der Waals surface area contributed by atoms with Crippen molar-refractivity contribution in [2.24, 2.45) is 0 Å². The smallest absolute Gasteiger partial charge is 0.268 e. The molecule has 0 amide bonds. The SMILES string of the molecule is CC[C@H](C)Sc1nnc(-c2cn(S(=O)(=O)c3ccccc3)c3ccccc23)n1-c1cc(OC)ccc1OC. The third-order valence-electron chi connectivity index (χ3n) is 6.36. The van der Waals surface area contributed by atoms with Crippen molar-refractivity contribution in [3.8, 4) is 28.6 Å². The highest BCUT2D eigenvalue weighted by Crippen LogP contribution is 2.39. The lowest BCUT2D eigenvalue weighted by atomic mass is 10.1. The lowest BCUT2D eigenvalue weighted by Gasteiger charge is -2.16. The van der Waals surface area contributed by atoms with Crippen molar-refractivity contribution in [2.75, 3.05) is 14.2 Å². The van der Waals surface area contributed by atoms with Crippen molar-refractivity contribution in [1.29, 1.82) is 0 Å². The third kappa shape index (κ3) is 4.54. The molecule has 5 aromatic rings. The number of benzene rings is 3. The molecule has 196 valence electrons. The Balaban J connectivity index is 1.80. The van der Waals surface area contributed by atoms with Gasteiger partial charge in [0.2, 0.25) is 0 Å². The zero-order valence-electron chi connectivity index (χ0n) is 21.5. The summed E-state index contributed by atoms with van der Waals surface area (Å²) in [5.41, 5.74) is 1.88. The lowest BCUT2D eigenvalue weighted by Crippen LogP contribution is -2.11. The maximum Gasteiger partial charge on any atom is 0.268 e. The van der Waals surface area contributed by atoms with Crippen LogP contribution in [0.5, 0.6) is 11.5 Å². The molecule has 0 unspecified atom stereocenters. The summed E-state index contributed by atoms with van der Waals surface area (Å²) in [6.45, 7) is 4.25. The maximum absolute atomic E-state index is 13.7. The molecular formula is C28H28N4O4S2. The second-order valence-corrected chi connectivity index (χ2v) is 11.9. The molecule has 0 spiro atoms. The monoisotopic (exact) mass is 548 g/mol. The molecule has 10 heteroatoms. The van der Waals surface area contributed by atoms with Gasteiger partial charge >= 0.3 is 0 Å². The van der Waals surface area contributed by atoms with E-state index in [1.807, 2.05) is 41.0 Å². The number of thioether (sulfide) groups is 1. The Morgan fingerprint density at radius 2 is 1.68 bits per heavy atom. The molecule has 0 radical (unpaired) electrons. The van der Waals surface area contributed by atoms with E-state index < -0.39 is 10.0 Å². The maximum atomic E-state index is 13.7. The van der Waals surface area contributed by atoms with Gasteiger partial charge in [-0.3, -0.25) is 4.57 Å². The Kier molecular flexibility index (Phi) is 7.18. The molecule has 0 fully saturated rings. The number of methoxy groups -OCH3 is 2. The molecular weight excluding hydrogens is 520 g/mol. The molecule has 38 heavy (non-hydrogen) atoms. The van der Waals surface area contributed by atoms with Crippen LogP contribution in [0.2, 0.25) is 0 Å². The van der Waals surface area contributed by atoms with Crippen LogP contribution in [-0.2, 0) is 10.0 Å². The molecule has 0 aliphatic rings. The Morgan fingerprint density at radius 1 is 0.947 bits per heavy atom. The van der Waals surface area contributed by atoms with Gasteiger partial charge in [-0.1, -0.05) is 62.0 Å². The Bertz CT molecular complexity index is 1690. The van der Waals surface area contributed by atoms with Gasteiger partial charge in [-0.25, -0.2) is 12.4 Å². The lowest BCUT2D eigenvalue weighted by molar-refractivity contribution is 0.401. The highest BCUT2D eigenvalue weighted by Gasteiger charge is 2.27. The predicted molar refractivity (Wildman–Crippen MR) is 150 cm³/mol. The van der Waals surface area contributed by atoms with E-state index in [2.05, 4.69) is 24.0 Å². The topological polar surface area (TPSA) is 88.2 Å². The second kappa shape index (κ2) is 10.5. The number of nitrogens with zero attached hydrogens (tertiary/aromatic N) is 4. The van der Waals surface area contributed by atoms with Crippen LogP contribution in [0.1, 0.15) is 20.3 Å². The van der Waals surface area contributed by atoms with Gasteiger partial charge in [0.25, 0.3) is 10.0 Å². The molecule has 0 saturated heterocycles. The summed E-state index contributed by atoms with van der Waals surface area (Å²) in [5.74, 6) is 1.76. The molecule has 2 heterocycles. The fourth-order valence-electron chi connectivity index (χ4n) is 4.21. The first-order chi connectivity index (χ1) is 18.4. The van der Waals surface area contributed by atoms with E-state index in [1.165, 1.54) is 3.97 Å². The minimum atomic E-state index is -3.86. The van der Waals surface area contributed by atoms with Gasteiger partial charge in [-0.2, -0.15) is 0 Å². The standard InChI is InChI=1S/C28H28N4O4S2/c1-5-19(2)37-28-30-29-27(32(28)25-17-20(35-3)15-16-26(25)36-4)23-18-31(24-14-10-9-13-22(23)24)38(33,34)21-11-7-6-8-12-21/h6-19H,5H2,1-4H3/t19-/m0/s1.